The molecule has 1 atom stereocenters. The van der Waals surface area contributed by atoms with Gasteiger partial charge in [0.15, 0.2) is 0 Å². The van der Waals surface area contributed by atoms with E-state index in [4.69, 9.17) is 16.3 Å². The van der Waals surface area contributed by atoms with Gasteiger partial charge in [-0.3, -0.25) is 9.36 Å². The van der Waals surface area contributed by atoms with Gasteiger partial charge in [0.05, 0.1) is 17.5 Å². The molecule has 1 unspecified atom stereocenters. The summed E-state index contributed by atoms with van der Waals surface area (Å²) in [6, 6.07) is 5.54. The Morgan fingerprint density at radius 3 is 2.45 bits per heavy atom. The number of ether oxygens (including phenoxy) is 1. The normalized spacial score (nSPS) is 17.4. The molecule has 0 amide bonds. The highest BCUT2D eigenvalue weighted by Crippen LogP contribution is 2.32. The van der Waals surface area contributed by atoms with Gasteiger partial charge in [-0.2, -0.15) is 0 Å². The van der Waals surface area contributed by atoms with Crippen LogP contribution < -0.4 is 4.74 Å². The third kappa shape index (κ3) is 5.39. The molecule has 29 heavy (non-hydrogen) atoms. The number of fused-ring (bicyclic) bond motifs is 1. The lowest BCUT2D eigenvalue weighted by atomic mass is 9.97. The predicted molar refractivity (Wildman–Crippen MR) is 122 cm³/mol. The SMILES string of the molecule is CC.CC.COc1ccc2c(c1)c(CC=O)c(C)n2C(=O)C1=CCC(C)(Cl)C=C1. The number of hydrogen-bond acceptors (Lipinski definition) is 3. The Labute approximate surface area is 179 Å². The summed E-state index contributed by atoms with van der Waals surface area (Å²) in [6.45, 7) is 11.8. The standard InChI is InChI=1S/C20H20ClNO3.2C2H6/c1-13-16(8-11-23)17-12-15(25-3)4-5-18(17)22(13)19(24)14-6-9-20(2,21)10-7-14;2*1-2/h4-7,9,11-12H,8,10H2,1-3H3;2*1-2H3. The summed E-state index contributed by atoms with van der Waals surface area (Å²) < 4.78 is 6.95. The van der Waals surface area contributed by atoms with E-state index < -0.39 is 4.87 Å². The molecule has 3 rings (SSSR count). The van der Waals surface area contributed by atoms with Crippen molar-refractivity contribution in [2.75, 3.05) is 7.11 Å². The summed E-state index contributed by atoms with van der Waals surface area (Å²) in [4.78, 5) is 23.8. The highest BCUT2D eigenvalue weighted by Gasteiger charge is 2.25. The molecule has 0 N–H and O–H groups in total. The second-order valence-corrected chi connectivity index (χ2v) is 7.30. The number of alkyl halides is 1. The molecule has 1 aliphatic rings. The molecule has 4 nitrogen and oxygen atoms in total. The average molecular weight is 418 g/mol. The van der Waals surface area contributed by atoms with Gasteiger partial charge in [-0.15, -0.1) is 11.6 Å². The van der Waals surface area contributed by atoms with E-state index in [1.54, 1.807) is 17.8 Å². The Morgan fingerprint density at radius 2 is 1.93 bits per heavy atom. The monoisotopic (exact) mass is 417 g/mol. The van der Waals surface area contributed by atoms with E-state index in [9.17, 15) is 9.59 Å². The lowest BCUT2D eigenvalue weighted by Crippen LogP contribution is -2.20. The third-order valence-corrected chi connectivity index (χ3v) is 4.89. The quantitative estimate of drug-likeness (QED) is 0.434. The summed E-state index contributed by atoms with van der Waals surface area (Å²) in [5.41, 5.74) is 2.99. The number of allylic oxidation sites excluding steroid dienone is 4. The zero-order valence-electron chi connectivity index (χ0n) is 18.5. The van der Waals surface area contributed by atoms with Gasteiger partial charge in [0.25, 0.3) is 5.91 Å². The van der Waals surface area contributed by atoms with Crippen molar-refractivity contribution in [2.24, 2.45) is 0 Å². The van der Waals surface area contributed by atoms with Crippen LogP contribution in [0.15, 0.2) is 42.0 Å². The third-order valence-electron chi connectivity index (χ3n) is 4.61. The van der Waals surface area contributed by atoms with Crippen molar-refractivity contribution in [3.05, 3.63) is 53.3 Å². The number of hydrogen-bond donors (Lipinski definition) is 0. The van der Waals surface area contributed by atoms with E-state index in [2.05, 4.69) is 0 Å². The topological polar surface area (TPSA) is 48.3 Å². The average Bonchev–Trinajstić information content (AvgIpc) is 3.01. The number of rotatable bonds is 4. The first kappa shape index (κ1) is 24.7. The van der Waals surface area contributed by atoms with Crippen LogP contribution in [0.1, 0.15) is 57.1 Å². The first-order valence-corrected chi connectivity index (χ1v) is 10.5. The Balaban J connectivity index is 0.000000989. The van der Waals surface area contributed by atoms with Crippen LogP contribution in [0, 0.1) is 6.92 Å². The lowest BCUT2D eigenvalue weighted by Gasteiger charge is -2.20. The Morgan fingerprint density at radius 1 is 1.28 bits per heavy atom. The molecule has 1 aromatic heterocycles. The number of nitrogens with zero attached hydrogens (tertiary/aromatic N) is 1. The first-order valence-electron chi connectivity index (χ1n) is 10.1. The fourth-order valence-electron chi connectivity index (χ4n) is 3.19. The molecule has 0 saturated carbocycles. The molecule has 158 valence electrons. The van der Waals surface area contributed by atoms with Gasteiger partial charge >= 0.3 is 0 Å². The Bertz CT molecular complexity index is 920. The molecule has 5 heteroatoms. The molecular formula is C24H32ClNO3. The van der Waals surface area contributed by atoms with Gasteiger partial charge in [0.1, 0.15) is 12.0 Å². The van der Waals surface area contributed by atoms with Crippen LogP contribution in [0.3, 0.4) is 0 Å². The summed E-state index contributed by atoms with van der Waals surface area (Å²) >= 11 is 6.29. The van der Waals surface area contributed by atoms with Crippen molar-refractivity contribution in [1.29, 1.82) is 0 Å². The van der Waals surface area contributed by atoms with Crippen LogP contribution in [0.25, 0.3) is 10.9 Å². The molecule has 0 spiro atoms. The van der Waals surface area contributed by atoms with Gasteiger partial charge in [-0.1, -0.05) is 45.9 Å². The van der Waals surface area contributed by atoms with Gasteiger partial charge in [0, 0.05) is 23.1 Å². The molecule has 1 heterocycles. The van der Waals surface area contributed by atoms with Gasteiger partial charge in [-0.05, 0) is 44.0 Å². The van der Waals surface area contributed by atoms with Gasteiger partial charge in [0.2, 0.25) is 0 Å². The van der Waals surface area contributed by atoms with Crippen LogP contribution in [-0.2, 0) is 11.2 Å². The molecule has 0 fully saturated rings. The number of aldehydes is 1. The number of aromatic nitrogens is 1. The zero-order chi connectivity index (χ0) is 22.2. The summed E-state index contributed by atoms with van der Waals surface area (Å²) in [5, 5.41) is 0.861. The van der Waals surface area contributed by atoms with E-state index >= 15 is 0 Å². The minimum Gasteiger partial charge on any atom is -0.497 e. The molecule has 0 saturated heterocycles. The highest BCUT2D eigenvalue weighted by molar-refractivity contribution is 6.25. The second kappa shape index (κ2) is 11.0. The van der Waals surface area contributed by atoms with Crippen LogP contribution in [0.5, 0.6) is 5.75 Å². The molecular weight excluding hydrogens is 386 g/mol. The fraction of sp³-hybridized carbons (Fsp3) is 0.417. The number of halogens is 1. The lowest BCUT2D eigenvalue weighted by molar-refractivity contribution is -0.107. The number of benzene rings is 1. The minimum absolute atomic E-state index is 0.117. The summed E-state index contributed by atoms with van der Waals surface area (Å²) in [7, 11) is 1.59. The van der Waals surface area contributed by atoms with Crippen molar-refractivity contribution in [3.63, 3.8) is 0 Å². The van der Waals surface area contributed by atoms with Gasteiger partial charge < -0.3 is 9.53 Å². The smallest absolute Gasteiger partial charge is 0.262 e. The fourth-order valence-corrected chi connectivity index (χ4v) is 3.33. The highest BCUT2D eigenvalue weighted by atomic mass is 35.5. The van der Waals surface area contributed by atoms with E-state index in [0.717, 1.165) is 28.4 Å². The van der Waals surface area contributed by atoms with Gasteiger partial charge in [-0.25, -0.2) is 0 Å². The van der Waals surface area contributed by atoms with Crippen LogP contribution in [-0.4, -0.2) is 28.7 Å². The van der Waals surface area contributed by atoms with Crippen LogP contribution >= 0.6 is 11.6 Å². The predicted octanol–water partition coefficient (Wildman–Crippen LogP) is 6.28. The number of carbonyl (C=O) groups excluding carboxylic acids is 2. The van der Waals surface area contributed by atoms with E-state index in [0.29, 0.717) is 17.7 Å². The van der Waals surface area contributed by atoms with Crippen LogP contribution in [0.2, 0.25) is 0 Å². The maximum Gasteiger partial charge on any atom is 0.262 e. The Hall–Kier alpha value is -2.33. The molecule has 1 aromatic carbocycles. The largest absolute Gasteiger partial charge is 0.497 e. The molecule has 2 aromatic rings. The van der Waals surface area contributed by atoms with E-state index in [-0.39, 0.29) is 12.3 Å². The Kier molecular flexibility index (Phi) is 9.38. The first-order chi connectivity index (χ1) is 13.9. The molecule has 0 radical (unpaired) electrons. The van der Waals surface area contributed by atoms with Crippen molar-refractivity contribution in [3.8, 4) is 5.75 Å². The van der Waals surface area contributed by atoms with E-state index in [1.807, 2.05) is 71.9 Å². The van der Waals surface area contributed by atoms with Crippen molar-refractivity contribution in [2.45, 2.75) is 59.3 Å². The molecule has 0 bridgehead atoms. The van der Waals surface area contributed by atoms with Crippen molar-refractivity contribution in [1.82, 2.24) is 4.57 Å². The van der Waals surface area contributed by atoms with Crippen molar-refractivity contribution < 1.29 is 14.3 Å². The van der Waals surface area contributed by atoms with E-state index in [1.165, 1.54) is 0 Å². The summed E-state index contributed by atoms with van der Waals surface area (Å²) in [5.74, 6) is 0.576. The zero-order valence-corrected chi connectivity index (χ0v) is 19.3. The van der Waals surface area contributed by atoms with Crippen molar-refractivity contribution >= 4 is 34.7 Å². The molecule has 1 aliphatic carbocycles. The minimum atomic E-state index is -0.451. The number of methoxy groups -OCH3 is 1. The maximum absolute atomic E-state index is 13.1. The molecule has 0 aliphatic heterocycles. The summed E-state index contributed by atoms with van der Waals surface area (Å²) in [6.07, 6.45) is 7.19. The second-order valence-electron chi connectivity index (χ2n) is 6.43. The maximum atomic E-state index is 13.1. The number of carbonyl (C=O) groups is 2. The van der Waals surface area contributed by atoms with Crippen LogP contribution in [0.4, 0.5) is 0 Å².